The molecule has 4 aromatic rings. The molecule has 5 rings (SSSR count). The van der Waals surface area contributed by atoms with E-state index < -0.39 is 5.82 Å². The minimum absolute atomic E-state index is 0.336. The number of aryl methyl sites for hydroxylation is 1. The summed E-state index contributed by atoms with van der Waals surface area (Å²) in [5.41, 5.74) is 2.68. The Morgan fingerprint density at radius 3 is 2.68 bits per heavy atom. The number of hydrogen-bond donors (Lipinski definition) is 2. The van der Waals surface area contributed by atoms with Crippen molar-refractivity contribution in [2.75, 3.05) is 23.3 Å². The molecule has 1 saturated heterocycles. The van der Waals surface area contributed by atoms with Crippen LogP contribution in [0.25, 0.3) is 21.8 Å². The van der Waals surface area contributed by atoms with E-state index in [1.165, 1.54) is 12.4 Å². The van der Waals surface area contributed by atoms with Crippen molar-refractivity contribution in [1.82, 2.24) is 25.1 Å². The van der Waals surface area contributed by atoms with Gasteiger partial charge in [0, 0.05) is 55.2 Å². The van der Waals surface area contributed by atoms with Crippen molar-refractivity contribution in [2.45, 2.75) is 25.9 Å². The summed E-state index contributed by atoms with van der Waals surface area (Å²) in [7, 11) is 1.77. The van der Waals surface area contributed by atoms with Gasteiger partial charge >= 0.3 is 0 Å². The van der Waals surface area contributed by atoms with Gasteiger partial charge in [-0.25, -0.2) is 14.4 Å². The summed E-state index contributed by atoms with van der Waals surface area (Å²) in [6.45, 7) is 6.14. The van der Waals surface area contributed by atoms with Crippen LogP contribution in [0.2, 0.25) is 5.02 Å². The van der Waals surface area contributed by atoms with Crippen molar-refractivity contribution in [3.63, 3.8) is 0 Å². The van der Waals surface area contributed by atoms with Gasteiger partial charge in [-0.3, -0.25) is 4.68 Å². The van der Waals surface area contributed by atoms with Crippen molar-refractivity contribution in [1.29, 1.82) is 0 Å². The number of anilines is 3. The molecule has 1 fully saturated rings. The highest BCUT2D eigenvalue weighted by molar-refractivity contribution is 6.36. The molecule has 9 heteroatoms. The Bertz CT molecular complexity index is 1280. The molecular weight excluding hydrogens is 417 g/mol. The van der Waals surface area contributed by atoms with Gasteiger partial charge < -0.3 is 15.5 Å². The van der Waals surface area contributed by atoms with Crippen LogP contribution >= 0.6 is 11.6 Å². The van der Waals surface area contributed by atoms with E-state index in [0.717, 1.165) is 24.3 Å². The molecule has 2 N–H and O–H groups in total. The monoisotopic (exact) mass is 439 g/mol. The number of nitrogens with one attached hydrogen (secondary N) is 2. The predicted octanol–water partition coefficient (Wildman–Crippen LogP) is 4.24. The first kappa shape index (κ1) is 20.0. The number of hydrogen-bond acceptors (Lipinski definition) is 6. The molecule has 0 bridgehead atoms. The number of benzene rings is 2. The van der Waals surface area contributed by atoms with Crippen molar-refractivity contribution >= 4 is 50.6 Å². The molecule has 0 aliphatic carbocycles. The molecule has 2 atom stereocenters. The fraction of sp³-hybridized carbons (Fsp3) is 0.318. The van der Waals surface area contributed by atoms with Gasteiger partial charge in [0.15, 0.2) is 5.82 Å². The maximum Gasteiger partial charge on any atom is 0.153 e. The van der Waals surface area contributed by atoms with Gasteiger partial charge in [0.1, 0.15) is 17.7 Å². The van der Waals surface area contributed by atoms with Crippen LogP contribution in [-0.2, 0) is 7.05 Å². The molecule has 0 spiro atoms. The molecule has 0 unspecified atom stereocenters. The number of fused-ring (bicyclic) bond motifs is 2. The number of piperazine rings is 1. The third kappa shape index (κ3) is 3.77. The third-order valence-electron chi connectivity index (χ3n) is 5.54. The topological polar surface area (TPSA) is 70.9 Å². The van der Waals surface area contributed by atoms with E-state index >= 15 is 0 Å². The molecule has 2 aromatic carbocycles. The van der Waals surface area contributed by atoms with Crippen LogP contribution in [-0.4, -0.2) is 44.9 Å². The molecule has 0 radical (unpaired) electrons. The molecule has 1 aliphatic heterocycles. The van der Waals surface area contributed by atoms with Gasteiger partial charge in [-0.15, -0.1) is 0 Å². The van der Waals surface area contributed by atoms with Crippen LogP contribution < -0.4 is 15.5 Å². The molecule has 160 valence electrons. The van der Waals surface area contributed by atoms with E-state index in [-0.39, 0.29) is 0 Å². The second-order valence-corrected chi connectivity index (χ2v) is 8.65. The van der Waals surface area contributed by atoms with E-state index in [0.29, 0.717) is 44.9 Å². The van der Waals surface area contributed by atoms with Gasteiger partial charge in [0.05, 0.1) is 15.9 Å². The summed E-state index contributed by atoms with van der Waals surface area (Å²) in [4.78, 5) is 11.1. The maximum atomic E-state index is 14.5. The Balaban J connectivity index is 1.53. The van der Waals surface area contributed by atoms with Crippen molar-refractivity contribution in [3.8, 4) is 0 Å². The lowest BCUT2D eigenvalue weighted by Crippen LogP contribution is -2.54. The van der Waals surface area contributed by atoms with Crippen molar-refractivity contribution in [2.24, 2.45) is 7.05 Å². The predicted molar refractivity (Wildman–Crippen MR) is 123 cm³/mol. The number of nitrogens with zero attached hydrogens (tertiary/aromatic N) is 5. The third-order valence-corrected chi connectivity index (χ3v) is 5.83. The molecule has 3 heterocycles. The molecule has 2 aromatic heterocycles. The molecule has 7 nitrogen and oxygen atoms in total. The average molecular weight is 440 g/mol. The Hall–Kier alpha value is -2.97. The summed E-state index contributed by atoms with van der Waals surface area (Å²) in [5.74, 6) is 0.139. The minimum Gasteiger partial charge on any atom is -0.368 e. The molecule has 0 saturated carbocycles. The lowest BCUT2D eigenvalue weighted by atomic mass is 10.1. The summed E-state index contributed by atoms with van der Waals surface area (Å²) < 4.78 is 16.1. The van der Waals surface area contributed by atoms with Gasteiger partial charge in [0.25, 0.3) is 0 Å². The first-order chi connectivity index (χ1) is 14.9. The molecule has 31 heavy (non-hydrogen) atoms. The van der Waals surface area contributed by atoms with Crippen LogP contribution in [0.5, 0.6) is 0 Å². The van der Waals surface area contributed by atoms with Crippen LogP contribution in [0.15, 0.2) is 36.8 Å². The second kappa shape index (κ2) is 7.62. The average Bonchev–Trinajstić information content (AvgIpc) is 3.08. The summed E-state index contributed by atoms with van der Waals surface area (Å²) in [6.07, 6.45) is 3.27. The smallest absolute Gasteiger partial charge is 0.153 e. The van der Waals surface area contributed by atoms with Gasteiger partial charge in [-0.05, 0) is 38.1 Å². The highest BCUT2D eigenvalue weighted by Crippen LogP contribution is 2.35. The largest absolute Gasteiger partial charge is 0.368 e. The highest BCUT2D eigenvalue weighted by Gasteiger charge is 2.22. The van der Waals surface area contributed by atoms with Crippen molar-refractivity contribution < 1.29 is 4.39 Å². The van der Waals surface area contributed by atoms with Crippen LogP contribution in [0.4, 0.5) is 21.6 Å². The molecule has 1 aliphatic rings. The first-order valence-corrected chi connectivity index (χ1v) is 10.6. The lowest BCUT2D eigenvalue weighted by Gasteiger charge is -2.37. The number of halogens is 2. The zero-order valence-electron chi connectivity index (χ0n) is 17.5. The standard InChI is InChI=1S/C22H23ClFN7/c1-12-8-31(9-13(2)27-12)16-6-17(23)20-19(7-16)25-11-26-22(20)28-15-4-14-10-30(3)29-21(14)18(24)5-15/h4-7,10-13,27H,8-9H2,1-3H3,(H,25,26,28)/t12-,13-/m0/s1. The highest BCUT2D eigenvalue weighted by atomic mass is 35.5. The first-order valence-electron chi connectivity index (χ1n) is 10.2. The lowest BCUT2D eigenvalue weighted by molar-refractivity contribution is 0.407. The van der Waals surface area contributed by atoms with Crippen LogP contribution in [0, 0.1) is 5.82 Å². The summed E-state index contributed by atoms with van der Waals surface area (Å²) in [5, 5.41) is 12.9. The van der Waals surface area contributed by atoms with Crippen molar-refractivity contribution in [3.05, 3.63) is 47.6 Å². The Morgan fingerprint density at radius 1 is 1.13 bits per heavy atom. The van der Waals surface area contributed by atoms with Gasteiger partial charge in [-0.1, -0.05) is 11.6 Å². The maximum absolute atomic E-state index is 14.5. The van der Waals surface area contributed by atoms with E-state index in [1.807, 2.05) is 18.2 Å². The van der Waals surface area contributed by atoms with E-state index in [2.05, 4.69) is 44.4 Å². The number of rotatable bonds is 3. The Morgan fingerprint density at radius 2 is 1.90 bits per heavy atom. The zero-order valence-corrected chi connectivity index (χ0v) is 18.3. The molecule has 0 amide bonds. The Labute approximate surface area is 184 Å². The fourth-order valence-corrected chi connectivity index (χ4v) is 4.66. The SMILES string of the molecule is C[C@H]1CN(c2cc(Cl)c3c(Nc4cc(F)c5nn(C)cc5c4)ncnc3c2)C[C@H](C)N1. The number of aromatic nitrogens is 4. The quantitative estimate of drug-likeness (QED) is 0.497. The van der Waals surface area contributed by atoms with Gasteiger partial charge in [-0.2, -0.15) is 5.10 Å². The molecular formula is C22H23ClFN7. The normalized spacial score (nSPS) is 19.3. The fourth-order valence-electron chi connectivity index (χ4n) is 4.36. The van der Waals surface area contributed by atoms with Gasteiger partial charge in [0.2, 0.25) is 0 Å². The minimum atomic E-state index is -0.394. The van der Waals surface area contributed by atoms with E-state index in [9.17, 15) is 4.39 Å². The van der Waals surface area contributed by atoms with Crippen LogP contribution in [0.3, 0.4) is 0 Å². The zero-order chi connectivity index (χ0) is 21.7. The second-order valence-electron chi connectivity index (χ2n) is 8.24. The summed E-state index contributed by atoms with van der Waals surface area (Å²) in [6, 6.07) is 8.01. The Kier molecular flexibility index (Phi) is 4.91. The summed E-state index contributed by atoms with van der Waals surface area (Å²) >= 11 is 6.71. The van der Waals surface area contributed by atoms with E-state index in [1.54, 1.807) is 17.9 Å². The van der Waals surface area contributed by atoms with E-state index in [4.69, 9.17) is 11.6 Å². The van der Waals surface area contributed by atoms with Crippen LogP contribution in [0.1, 0.15) is 13.8 Å².